The molecule has 0 fully saturated rings. The number of pyridine rings is 1. The summed E-state index contributed by atoms with van der Waals surface area (Å²) in [7, 11) is 0. The quantitative estimate of drug-likeness (QED) is 0.315. The normalized spacial score (nSPS) is 15.0. The van der Waals surface area contributed by atoms with E-state index in [1.54, 1.807) is 20.8 Å². The first kappa shape index (κ1) is 26.8. The molecule has 0 aliphatic rings. The van der Waals surface area contributed by atoms with Crippen LogP contribution in [0.5, 0.6) is 11.5 Å². The number of halogens is 5. The van der Waals surface area contributed by atoms with E-state index in [0.717, 1.165) is 30.5 Å². The standard InChI is InChI=1S/C21H23F5N2O4S/c1-5-31-19(29)17(23)18(28-33(30)20(2,3)4)14-10-12(6-8-15(14)22)32-13-7-9-16(27-11-13)21(24,25)26/h6-11,17-18,28H,5H2,1-4H3. The molecule has 182 valence electrons. The maximum atomic E-state index is 15.0. The van der Waals surface area contributed by atoms with Gasteiger partial charge in [-0.05, 0) is 58.0 Å². The number of hydrogen-bond acceptors (Lipinski definition) is 6. The fraction of sp³-hybridized carbons (Fsp3) is 0.429. The molecule has 0 aliphatic heterocycles. The van der Waals surface area contributed by atoms with Crippen molar-refractivity contribution in [1.82, 2.24) is 9.71 Å². The van der Waals surface area contributed by atoms with Crippen LogP contribution in [0.2, 0.25) is 0 Å². The average Bonchev–Trinajstić information content (AvgIpc) is 2.72. The second kappa shape index (κ2) is 10.7. The van der Waals surface area contributed by atoms with Gasteiger partial charge in [0.2, 0.25) is 6.17 Å². The number of aromatic nitrogens is 1. The lowest BCUT2D eigenvalue weighted by atomic mass is 10.0. The number of carbonyl (C=O) groups excluding carboxylic acids is 1. The minimum absolute atomic E-state index is 0.0719. The van der Waals surface area contributed by atoms with Gasteiger partial charge in [-0.1, -0.05) is 0 Å². The maximum Gasteiger partial charge on any atom is 0.433 e. The summed E-state index contributed by atoms with van der Waals surface area (Å²) in [6, 6.07) is 3.16. The number of alkyl halides is 4. The van der Waals surface area contributed by atoms with Gasteiger partial charge in [0.1, 0.15) is 33.8 Å². The van der Waals surface area contributed by atoms with Crippen LogP contribution in [0, 0.1) is 5.82 Å². The van der Waals surface area contributed by atoms with Crippen molar-refractivity contribution in [3.8, 4) is 11.5 Å². The molecule has 33 heavy (non-hydrogen) atoms. The molecule has 0 spiro atoms. The number of esters is 1. The molecule has 3 atom stereocenters. The van der Waals surface area contributed by atoms with E-state index in [0.29, 0.717) is 6.07 Å². The summed E-state index contributed by atoms with van der Waals surface area (Å²) in [5.74, 6) is -2.37. The van der Waals surface area contributed by atoms with Gasteiger partial charge >= 0.3 is 12.1 Å². The summed E-state index contributed by atoms with van der Waals surface area (Å²) in [5.41, 5.74) is -1.51. The van der Waals surface area contributed by atoms with E-state index >= 15 is 0 Å². The third-order valence-corrected chi connectivity index (χ3v) is 5.74. The van der Waals surface area contributed by atoms with Crippen LogP contribution in [0.3, 0.4) is 0 Å². The summed E-state index contributed by atoms with van der Waals surface area (Å²) >= 11 is -1.89. The molecule has 0 saturated heterocycles. The van der Waals surface area contributed by atoms with Gasteiger partial charge < -0.3 is 14.0 Å². The fourth-order valence-electron chi connectivity index (χ4n) is 2.50. The smallest absolute Gasteiger partial charge is 0.433 e. The first-order valence-electron chi connectivity index (χ1n) is 9.73. The summed E-state index contributed by atoms with van der Waals surface area (Å²) in [4.78, 5) is 15.3. The van der Waals surface area contributed by atoms with Crippen molar-refractivity contribution in [2.24, 2.45) is 0 Å². The van der Waals surface area contributed by atoms with E-state index < -0.39 is 52.0 Å². The maximum absolute atomic E-state index is 15.0. The predicted molar refractivity (Wildman–Crippen MR) is 111 cm³/mol. The van der Waals surface area contributed by atoms with Gasteiger partial charge in [0, 0.05) is 16.9 Å². The number of nitrogens with zero attached hydrogens (tertiary/aromatic N) is 1. The van der Waals surface area contributed by atoms with Gasteiger partial charge in [0.25, 0.3) is 0 Å². The fourth-order valence-corrected chi connectivity index (χ4v) is 3.33. The van der Waals surface area contributed by atoms with Crippen LogP contribution >= 0.6 is 0 Å². The Bertz CT molecular complexity index is 951. The minimum atomic E-state index is -4.63. The predicted octanol–water partition coefficient (Wildman–Crippen LogP) is 5.03. The lowest BCUT2D eigenvalue weighted by Crippen LogP contribution is -2.46. The Balaban J connectivity index is 2.38. The Morgan fingerprint density at radius 3 is 2.33 bits per heavy atom. The molecule has 1 aromatic carbocycles. The van der Waals surface area contributed by atoms with Gasteiger partial charge in [0.15, 0.2) is 0 Å². The Hall–Kier alpha value is -2.44. The van der Waals surface area contributed by atoms with Gasteiger partial charge in [-0.15, -0.1) is 4.72 Å². The lowest BCUT2D eigenvalue weighted by molar-refractivity contribution is -0.150. The molecule has 6 nitrogen and oxygen atoms in total. The second-order valence-electron chi connectivity index (χ2n) is 7.79. The molecule has 0 radical (unpaired) electrons. The number of carbonyl (C=O) groups is 1. The monoisotopic (exact) mass is 494 g/mol. The van der Waals surface area contributed by atoms with Crippen LogP contribution in [0.25, 0.3) is 0 Å². The first-order chi connectivity index (χ1) is 15.2. The van der Waals surface area contributed by atoms with Crippen molar-refractivity contribution >= 4 is 17.3 Å². The van der Waals surface area contributed by atoms with Crippen LogP contribution in [0.15, 0.2) is 36.5 Å². The zero-order chi connectivity index (χ0) is 25.0. The number of ether oxygens (including phenoxy) is 2. The molecule has 0 bridgehead atoms. The number of benzene rings is 1. The van der Waals surface area contributed by atoms with Crippen molar-refractivity contribution in [3.63, 3.8) is 0 Å². The number of nitrogens with one attached hydrogen (secondary N) is 1. The molecule has 1 N–H and O–H groups in total. The molecule has 12 heteroatoms. The van der Waals surface area contributed by atoms with E-state index in [1.165, 1.54) is 6.92 Å². The number of hydrogen-bond donors (Lipinski definition) is 1. The van der Waals surface area contributed by atoms with Gasteiger partial charge in [-0.25, -0.2) is 18.6 Å². The Morgan fingerprint density at radius 1 is 1.18 bits per heavy atom. The molecule has 3 unspecified atom stereocenters. The zero-order valence-corrected chi connectivity index (χ0v) is 19.0. The van der Waals surface area contributed by atoms with Crippen molar-refractivity contribution in [2.45, 2.75) is 50.8 Å². The summed E-state index contributed by atoms with van der Waals surface area (Å²) in [5, 5.41) is 0. The van der Waals surface area contributed by atoms with E-state index in [9.17, 15) is 31.3 Å². The summed E-state index contributed by atoms with van der Waals surface area (Å²) in [6.07, 6.45) is -6.21. The van der Waals surface area contributed by atoms with Crippen LogP contribution in [0.4, 0.5) is 22.0 Å². The molecule has 0 saturated carbocycles. The lowest BCUT2D eigenvalue weighted by Gasteiger charge is -2.29. The van der Waals surface area contributed by atoms with Crippen molar-refractivity contribution in [1.29, 1.82) is 0 Å². The molecule has 0 amide bonds. The topological polar surface area (TPSA) is 83.5 Å². The third kappa shape index (κ3) is 7.27. The SMILES string of the molecule is CCOC(=O)C(F)C(N[S+]([O-])C(C)(C)C)c1cc(Oc2ccc(C(F)(F)F)nc2)ccc1F. The third-order valence-electron chi connectivity index (χ3n) is 4.16. The Labute approximate surface area is 190 Å². The molecule has 1 aromatic heterocycles. The minimum Gasteiger partial charge on any atom is -0.598 e. The van der Waals surface area contributed by atoms with Crippen molar-refractivity contribution in [3.05, 3.63) is 53.6 Å². The van der Waals surface area contributed by atoms with E-state index in [-0.39, 0.29) is 23.7 Å². The zero-order valence-electron chi connectivity index (χ0n) is 18.2. The van der Waals surface area contributed by atoms with Crippen LogP contribution < -0.4 is 9.46 Å². The summed E-state index contributed by atoms with van der Waals surface area (Å²) < 4.78 is 91.8. The molecule has 2 aromatic rings. The largest absolute Gasteiger partial charge is 0.598 e. The second-order valence-corrected chi connectivity index (χ2v) is 9.79. The van der Waals surface area contributed by atoms with Crippen LogP contribution in [-0.4, -0.2) is 33.0 Å². The highest BCUT2D eigenvalue weighted by Gasteiger charge is 2.39. The number of rotatable bonds is 8. The van der Waals surface area contributed by atoms with Crippen LogP contribution in [-0.2, 0) is 27.1 Å². The highest BCUT2D eigenvalue weighted by Crippen LogP contribution is 2.33. The molecular formula is C21H23F5N2O4S. The Kier molecular flexibility index (Phi) is 8.66. The van der Waals surface area contributed by atoms with E-state index in [1.807, 2.05) is 0 Å². The highest BCUT2D eigenvalue weighted by atomic mass is 32.2. The molecule has 0 aliphatic carbocycles. The molecule has 2 rings (SSSR count). The van der Waals surface area contributed by atoms with Crippen LogP contribution in [0.1, 0.15) is 45.0 Å². The van der Waals surface area contributed by atoms with Gasteiger partial charge in [-0.3, -0.25) is 0 Å². The van der Waals surface area contributed by atoms with E-state index in [4.69, 9.17) is 4.74 Å². The van der Waals surface area contributed by atoms with Gasteiger partial charge in [-0.2, -0.15) is 13.2 Å². The molecule has 1 heterocycles. The van der Waals surface area contributed by atoms with Crippen molar-refractivity contribution < 1.29 is 40.8 Å². The van der Waals surface area contributed by atoms with Crippen molar-refractivity contribution in [2.75, 3.05) is 6.61 Å². The average molecular weight is 494 g/mol. The van der Waals surface area contributed by atoms with Gasteiger partial charge in [0.05, 0.1) is 12.8 Å². The summed E-state index contributed by atoms with van der Waals surface area (Å²) in [6.45, 7) is 6.13. The van der Waals surface area contributed by atoms with E-state index in [2.05, 4.69) is 14.4 Å². The highest BCUT2D eigenvalue weighted by molar-refractivity contribution is 7.90. The first-order valence-corrected chi connectivity index (χ1v) is 10.9. The Morgan fingerprint density at radius 2 is 1.82 bits per heavy atom. The molecular weight excluding hydrogens is 471 g/mol.